The zero-order valence-electron chi connectivity index (χ0n) is 18.8. The van der Waals surface area contributed by atoms with Crippen molar-refractivity contribution >= 4 is 0 Å². The number of aryl methyl sites for hydroxylation is 1. The Balaban J connectivity index is 1.42. The van der Waals surface area contributed by atoms with Crippen LogP contribution < -0.4 is 0 Å². The molecule has 0 radical (unpaired) electrons. The molecule has 1 saturated carbocycles. The minimum absolute atomic E-state index is 0.171. The molecule has 2 nitrogen and oxygen atoms in total. The monoisotopic (exact) mass is 426 g/mol. The van der Waals surface area contributed by atoms with Gasteiger partial charge < -0.3 is 0 Å². The van der Waals surface area contributed by atoms with Crippen LogP contribution in [0.2, 0.25) is 0 Å². The molecule has 0 saturated heterocycles. The first kappa shape index (κ1) is 19.9. The Morgan fingerprint density at radius 3 is 2.45 bits per heavy atom. The first-order valence-corrected chi connectivity index (χ1v) is 11.7. The molecule has 0 bridgehead atoms. The van der Waals surface area contributed by atoms with Gasteiger partial charge in [0, 0.05) is 28.7 Å². The second-order valence-corrected chi connectivity index (χ2v) is 9.27. The molecule has 1 aromatic heterocycles. The van der Waals surface area contributed by atoms with Gasteiger partial charge in [0.1, 0.15) is 0 Å². The molecule has 6 rings (SSSR count). The number of nitrogens with zero attached hydrogens (tertiary/aromatic N) is 2. The molecule has 0 spiro atoms. The summed E-state index contributed by atoms with van der Waals surface area (Å²) in [5.74, 6) is 1.41. The second kappa shape index (κ2) is 7.97. The smallest absolute Gasteiger partial charge is 0.160 e. The lowest BCUT2D eigenvalue weighted by molar-refractivity contribution is 0.817. The van der Waals surface area contributed by atoms with Crippen molar-refractivity contribution in [3.8, 4) is 22.6 Å². The highest BCUT2D eigenvalue weighted by Crippen LogP contribution is 2.57. The SMILES string of the molecule is Cc1ccc(Cc2cc(-c3cccc(C45C=CC=CC4C5)c3)nc(-c3ccccc3)n2)cc1. The summed E-state index contributed by atoms with van der Waals surface area (Å²) in [6.45, 7) is 2.12. The third-order valence-corrected chi connectivity index (χ3v) is 6.92. The topological polar surface area (TPSA) is 25.8 Å². The molecule has 1 heterocycles. The zero-order chi connectivity index (χ0) is 22.3. The summed E-state index contributed by atoms with van der Waals surface area (Å²) in [4.78, 5) is 9.96. The van der Waals surface area contributed by atoms with Gasteiger partial charge in [0.2, 0.25) is 0 Å². The molecule has 2 unspecified atom stereocenters. The molecular weight excluding hydrogens is 400 g/mol. The lowest BCUT2D eigenvalue weighted by Gasteiger charge is -2.16. The van der Waals surface area contributed by atoms with Gasteiger partial charge in [-0.3, -0.25) is 0 Å². The molecule has 4 aromatic rings. The van der Waals surface area contributed by atoms with E-state index in [2.05, 4.69) is 98.0 Å². The van der Waals surface area contributed by atoms with Crippen LogP contribution in [-0.2, 0) is 11.8 Å². The molecule has 2 atom stereocenters. The van der Waals surface area contributed by atoms with Crippen molar-refractivity contribution in [2.45, 2.75) is 25.2 Å². The van der Waals surface area contributed by atoms with Crippen molar-refractivity contribution in [2.75, 3.05) is 0 Å². The van der Waals surface area contributed by atoms with Gasteiger partial charge in [-0.25, -0.2) is 9.97 Å². The molecule has 0 amide bonds. The van der Waals surface area contributed by atoms with Gasteiger partial charge in [0.25, 0.3) is 0 Å². The molecule has 2 heteroatoms. The second-order valence-electron chi connectivity index (χ2n) is 9.27. The molecule has 1 fully saturated rings. The Kier molecular flexibility index (Phi) is 4.80. The third kappa shape index (κ3) is 3.82. The summed E-state index contributed by atoms with van der Waals surface area (Å²) in [5, 5.41) is 0. The highest BCUT2D eigenvalue weighted by Gasteiger charge is 2.52. The Labute approximate surface area is 195 Å². The number of rotatable bonds is 5. The van der Waals surface area contributed by atoms with E-state index in [1.165, 1.54) is 23.1 Å². The van der Waals surface area contributed by atoms with Crippen LogP contribution in [0.1, 0.15) is 28.8 Å². The molecule has 2 aliphatic carbocycles. The number of hydrogen-bond acceptors (Lipinski definition) is 2. The first-order valence-electron chi connectivity index (χ1n) is 11.7. The normalized spacial score (nSPS) is 20.5. The van der Waals surface area contributed by atoms with Crippen molar-refractivity contribution in [3.05, 3.63) is 132 Å². The predicted octanol–water partition coefficient (Wildman–Crippen LogP) is 7.09. The summed E-state index contributed by atoms with van der Waals surface area (Å²) in [6.07, 6.45) is 11.1. The van der Waals surface area contributed by atoms with Crippen LogP contribution in [0.15, 0.2) is 109 Å². The third-order valence-electron chi connectivity index (χ3n) is 6.92. The molecular formula is C31H26N2. The van der Waals surface area contributed by atoms with Crippen molar-refractivity contribution < 1.29 is 0 Å². The lowest BCUT2D eigenvalue weighted by Crippen LogP contribution is -2.07. The fraction of sp³-hybridized carbons (Fsp3) is 0.161. The molecule has 3 aromatic carbocycles. The van der Waals surface area contributed by atoms with Crippen LogP contribution in [0.5, 0.6) is 0 Å². The molecule has 0 N–H and O–H groups in total. The maximum atomic E-state index is 5.01. The van der Waals surface area contributed by atoms with E-state index >= 15 is 0 Å². The van der Waals surface area contributed by atoms with Crippen LogP contribution in [0.25, 0.3) is 22.6 Å². The van der Waals surface area contributed by atoms with Gasteiger partial charge in [-0.15, -0.1) is 0 Å². The largest absolute Gasteiger partial charge is 0.233 e. The standard InChI is InChI=1S/C31H26N2/c1-22-13-15-23(16-14-22)18-28-20-29(33-30(32-28)24-8-3-2-4-9-24)25-10-7-12-26(19-25)31-17-6-5-11-27(31)21-31/h2-17,19-20,27H,18,21H2,1H3. The van der Waals surface area contributed by atoms with Crippen LogP contribution in [0.3, 0.4) is 0 Å². The van der Waals surface area contributed by atoms with E-state index in [0.29, 0.717) is 5.92 Å². The Hall–Kier alpha value is -3.78. The van der Waals surface area contributed by atoms with Gasteiger partial charge >= 0.3 is 0 Å². The van der Waals surface area contributed by atoms with Crippen molar-refractivity contribution in [1.82, 2.24) is 9.97 Å². The maximum absolute atomic E-state index is 5.01. The number of benzene rings is 3. The Bertz CT molecular complexity index is 1370. The Morgan fingerprint density at radius 2 is 1.64 bits per heavy atom. The molecule has 33 heavy (non-hydrogen) atoms. The summed E-state index contributed by atoms with van der Waals surface area (Å²) >= 11 is 0. The van der Waals surface area contributed by atoms with Gasteiger partial charge in [-0.05, 0) is 42.5 Å². The predicted molar refractivity (Wildman–Crippen MR) is 135 cm³/mol. The van der Waals surface area contributed by atoms with Crippen molar-refractivity contribution in [3.63, 3.8) is 0 Å². The maximum Gasteiger partial charge on any atom is 0.160 e. The fourth-order valence-corrected chi connectivity index (χ4v) is 4.93. The van der Waals surface area contributed by atoms with E-state index in [1.807, 2.05) is 18.2 Å². The van der Waals surface area contributed by atoms with Crippen LogP contribution in [0, 0.1) is 12.8 Å². The number of fused-ring (bicyclic) bond motifs is 1. The zero-order valence-corrected chi connectivity index (χ0v) is 18.8. The fourth-order valence-electron chi connectivity index (χ4n) is 4.93. The lowest BCUT2D eigenvalue weighted by atomic mass is 9.89. The minimum atomic E-state index is 0.171. The van der Waals surface area contributed by atoms with E-state index in [9.17, 15) is 0 Å². The van der Waals surface area contributed by atoms with Crippen LogP contribution in [0.4, 0.5) is 0 Å². The van der Waals surface area contributed by atoms with E-state index in [-0.39, 0.29) is 5.41 Å². The molecule has 2 aliphatic rings. The first-order chi connectivity index (χ1) is 16.2. The number of hydrogen-bond donors (Lipinski definition) is 0. The van der Waals surface area contributed by atoms with Crippen molar-refractivity contribution in [2.24, 2.45) is 5.92 Å². The number of allylic oxidation sites excluding steroid dienone is 4. The quantitative estimate of drug-likeness (QED) is 0.340. The highest BCUT2D eigenvalue weighted by molar-refractivity contribution is 5.66. The van der Waals surface area contributed by atoms with Gasteiger partial charge in [0.05, 0.1) is 5.69 Å². The molecule has 0 aliphatic heterocycles. The Morgan fingerprint density at radius 1 is 0.818 bits per heavy atom. The average molecular weight is 427 g/mol. The van der Waals surface area contributed by atoms with E-state index in [1.54, 1.807) is 0 Å². The van der Waals surface area contributed by atoms with Gasteiger partial charge in [0.15, 0.2) is 5.82 Å². The highest BCUT2D eigenvalue weighted by atomic mass is 14.9. The number of aromatic nitrogens is 2. The summed E-state index contributed by atoms with van der Waals surface area (Å²) in [7, 11) is 0. The average Bonchev–Trinajstić information content (AvgIpc) is 3.62. The van der Waals surface area contributed by atoms with E-state index < -0.39 is 0 Å². The van der Waals surface area contributed by atoms with Gasteiger partial charge in [-0.1, -0.05) is 103 Å². The van der Waals surface area contributed by atoms with Crippen LogP contribution in [-0.4, -0.2) is 9.97 Å². The molecule has 160 valence electrons. The minimum Gasteiger partial charge on any atom is -0.233 e. The summed E-state index contributed by atoms with van der Waals surface area (Å²) in [5.41, 5.74) is 8.30. The summed E-state index contributed by atoms with van der Waals surface area (Å²) < 4.78 is 0. The van der Waals surface area contributed by atoms with E-state index in [0.717, 1.165) is 34.8 Å². The summed E-state index contributed by atoms with van der Waals surface area (Å²) in [6, 6.07) is 30.1. The van der Waals surface area contributed by atoms with Crippen LogP contribution >= 0.6 is 0 Å². The van der Waals surface area contributed by atoms with Crippen molar-refractivity contribution in [1.29, 1.82) is 0 Å². The van der Waals surface area contributed by atoms with Gasteiger partial charge in [-0.2, -0.15) is 0 Å². The van der Waals surface area contributed by atoms with E-state index in [4.69, 9.17) is 9.97 Å².